The van der Waals surface area contributed by atoms with Crippen molar-refractivity contribution in [1.82, 2.24) is 9.46 Å². The van der Waals surface area contributed by atoms with Crippen molar-refractivity contribution in [2.45, 2.75) is 32.9 Å². The summed E-state index contributed by atoms with van der Waals surface area (Å²) >= 11 is 5.98. The standard InChI is InChI=1S/C21H23ClN2O3S/c1-16-12-20(27-23-16)14-28(25,26)24-11-10-18(21(2,3)15-24)8-4-6-17-7-5-9-19(22)13-17/h5,7-9,12-13H,10-11,14-15H2,1-3H3/b18-8+. The summed E-state index contributed by atoms with van der Waals surface area (Å²) in [7, 11) is -3.46. The average Bonchev–Trinajstić information content (AvgIpc) is 3.00. The van der Waals surface area contributed by atoms with E-state index in [4.69, 9.17) is 16.1 Å². The molecule has 0 radical (unpaired) electrons. The Kier molecular flexibility index (Phi) is 5.99. The predicted molar refractivity (Wildman–Crippen MR) is 110 cm³/mol. The van der Waals surface area contributed by atoms with Gasteiger partial charge in [-0.1, -0.05) is 54.1 Å². The van der Waals surface area contributed by atoms with E-state index in [2.05, 4.69) is 17.0 Å². The third kappa shape index (κ3) is 5.05. The normalized spacial score (nSPS) is 18.6. The molecule has 0 spiro atoms. The summed E-state index contributed by atoms with van der Waals surface area (Å²) in [4.78, 5) is 0. The molecule has 1 aromatic carbocycles. The minimum Gasteiger partial charge on any atom is -0.360 e. The second-order valence-electron chi connectivity index (χ2n) is 7.61. The number of aromatic nitrogens is 1. The van der Waals surface area contributed by atoms with Crippen LogP contribution in [0.15, 0.2) is 46.5 Å². The first-order chi connectivity index (χ1) is 13.2. The summed E-state index contributed by atoms with van der Waals surface area (Å²) in [6, 6.07) is 9.05. The van der Waals surface area contributed by atoms with E-state index < -0.39 is 10.0 Å². The predicted octanol–water partition coefficient (Wildman–Crippen LogP) is 4.18. The van der Waals surface area contributed by atoms with Crippen LogP contribution in [0.25, 0.3) is 0 Å². The quantitative estimate of drug-likeness (QED) is 0.701. The van der Waals surface area contributed by atoms with E-state index in [1.165, 1.54) is 4.31 Å². The van der Waals surface area contributed by atoms with E-state index in [1.807, 2.05) is 44.2 Å². The summed E-state index contributed by atoms with van der Waals surface area (Å²) in [6.07, 6.45) is 2.55. The first-order valence-corrected chi connectivity index (χ1v) is 11.0. The molecule has 0 saturated carbocycles. The van der Waals surface area contributed by atoms with Gasteiger partial charge in [-0.15, -0.1) is 0 Å². The lowest BCUT2D eigenvalue weighted by Crippen LogP contribution is -2.45. The number of halogens is 1. The maximum atomic E-state index is 12.8. The van der Waals surface area contributed by atoms with Crippen LogP contribution in [0.3, 0.4) is 0 Å². The van der Waals surface area contributed by atoms with Crippen molar-refractivity contribution >= 4 is 21.6 Å². The first-order valence-electron chi connectivity index (χ1n) is 9.02. The number of hydrogen-bond acceptors (Lipinski definition) is 4. The van der Waals surface area contributed by atoms with Crippen molar-refractivity contribution < 1.29 is 12.9 Å². The number of allylic oxidation sites excluding steroid dienone is 1. The van der Waals surface area contributed by atoms with Crippen molar-refractivity contribution in [3.05, 3.63) is 64.0 Å². The highest BCUT2D eigenvalue weighted by Crippen LogP contribution is 2.35. The van der Waals surface area contributed by atoms with Gasteiger partial charge in [0.1, 0.15) is 5.75 Å². The van der Waals surface area contributed by atoms with Crippen molar-refractivity contribution in [2.24, 2.45) is 5.41 Å². The van der Waals surface area contributed by atoms with Crippen molar-refractivity contribution in [1.29, 1.82) is 0 Å². The number of sulfonamides is 1. The average molecular weight is 419 g/mol. The van der Waals surface area contributed by atoms with Crippen LogP contribution in [-0.2, 0) is 15.8 Å². The molecule has 5 nitrogen and oxygen atoms in total. The maximum absolute atomic E-state index is 12.8. The molecule has 148 valence electrons. The van der Waals surface area contributed by atoms with Crippen LogP contribution in [0.1, 0.15) is 37.3 Å². The van der Waals surface area contributed by atoms with Crippen molar-refractivity contribution in [2.75, 3.05) is 13.1 Å². The molecule has 7 heteroatoms. The van der Waals surface area contributed by atoms with Crippen LogP contribution in [0.4, 0.5) is 0 Å². The van der Waals surface area contributed by atoms with Gasteiger partial charge < -0.3 is 4.52 Å². The van der Waals surface area contributed by atoms with Gasteiger partial charge in [-0.25, -0.2) is 12.7 Å². The number of benzene rings is 1. The fraction of sp³-hybridized carbons (Fsp3) is 0.381. The summed E-state index contributed by atoms with van der Waals surface area (Å²) in [6.45, 7) is 6.70. The molecule has 3 rings (SSSR count). The molecule has 0 unspecified atom stereocenters. The summed E-state index contributed by atoms with van der Waals surface area (Å²) in [5.74, 6) is 6.37. The highest BCUT2D eigenvalue weighted by atomic mass is 35.5. The van der Waals surface area contributed by atoms with Crippen LogP contribution in [-0.4, -0.2) is 31.0 Å². The Hall–Kier alpha value is -2.07. The molecule has 0 aliphatic carbocycles. The summed E-state index contributed by atoms with van der Waals surface area (Å²) in [5, 5.41) is 4.41. The van der Waals surface area contributed by atoms with Crippen LogP contribution in [0, 0.1) is 24.2 Å². The molecule has 1 fully saturated rings. The van der Waals surface area contributed by atoms with E-state index in [0.717, 1.165) is 11.1 Å². The fourth-order valence-electron chi connectivity index (χ4n) is 3.24. The molecule has 0 atom stereocenters. The van der Waals surface area contributed by atoms with E-state index in [9.17, 15) is 8.42 Å². The lowest BCUT2D eigenvalue weighted by Gasteiger charge is -2.39. The fourth-order valence-corrected chi connectivity index (χ4v) is 5.00. The Morgan fingerprint density at radius 1 is 1.36 bits per heavy atom. The summed E-state index contributed by atoms with van der Waals surface area (Å²) < 4.78 is 32.1. The number of piperidine rings is 1. The molecule has 1 saturated heterocycles. The Balaban J connectivity index is 1.72. The lowest BCUT2D eigenvalue weighted by atomic mass is 9.79. The van der Waals surface area contributed by atoms with E-state index >= 15 is 0 Å². The topological polar surface area (TPSA) is 63.4 Å². The Bertz CT molecular complexity index is 1060. The second-order valence-corrected chi connectivity index (χ2v) is 10.0. The van der Waals surface area contributed by atoms with Gasteiger partial charge in [-0.3, -0.25) is 0 Å². The van der Waals surface area contributed by atoms with Crippen LogP contribution < -0.4 is 0 Å². The minimum atomic E-state index is -3.46. The van der Waals surface area contributed by atoms with Gasteiger partial charge in [0.2, 0.25) is 10.0 Å². The van der Waals surface area contributed by atoms with Gasteiger partial charge in [0.05, 0.1) is 5.69 Å². The molecule has 0 amide bonds. The minimum absolute atomic E-state index is 0.169. The Morgan fingerprint density at radius 2 is 2.14 bits per heavy atom. The zero-order valence-corrected chi connectivity index (χ0v) is 17.8. The Morgan fingerprint density at radius 3 is 2.79 bits per heavy atom. The van der Waals surface area contributed by atoms with Gasteiger partial charge in [-0.05, 0) is 37.6 Å². The van der Waals surface area contributed by atoms with Gasteiger partial charge in [-0.2, -0.15) is 0 Å². The second kappa shape index (κ2) is 8.12. The van der Waals surface area contributed by atoms with E-state index in [-0.39, 0.29) is 11.2 Å². The molecule has 2 aromatic rings. The zero-order chi connectivity index (χ0) is 20.4. The molecule has 2 heterocycles. The highest BCUT2D eigenvalue weighted by molar-refractivity contribution is 7.88. The molecule has 1 aromatic heterocycles. The molecule has 1 aliphatic heterocycles. The molecular weight excluding hydrogens is 396 g/mol. The number of hydrogen-bond donors (Lipinski definition) is 0. The van der Waals surface area contributed by atoms with Crippen LogP contribution in [0.2, 0.25) is 5.02 Å². The number of rotatable bonds is 3. The largest absolute Gasteiger partial charge is 0.360 e. The van der Waals surface area contributed by atoms with Crippen molar-refractivity contribution in [3.63, 3.8) is 0 Å². The molecular formula is C21H23ClN2O3S. The molecule has 1 aliphatic rings. The maximum Gasteiger partial charge on any atom is 0.221 e. The third-order valence-electron chi connectivity index (χ3n) is 4.75. The van der Waals surface area contributed by atoms with Crippen molar-refractivity contribution in [3.8, 4) is 11.8 Å². The van der Waals surface area contributed by atoms with Crippen LogP contribution in [0.5, 0.6) is 0 Å². The SMILES string of the molecule is Cc1cc(CS(=O)(=O)N2CC/C(=C\C#Cc3cccc(Cl)c3)C(C)(C)C2)on1. The monoisotopic (exact) mass is 418 g/mol. The smallest absolute Gasteiger partial charge is 0.221 e. The van der Waals surface area contributed by atoms with E-state index in [1.54, 1.807) is 13.0 Å². The van der Waals surface area contributed by atoms with E-state index in [0.29, 0.717) is 36.0 Å². The third-order valence-corrected chi connectivity index (χ3v) is 6.74. The highest BCUT2D eigenvalue weighted by Gasteiger charge is 2.36. The molecule has 0 N–H and O–H groups in total. The zero-order valence-electron chi connectivity index (χ0n) is 16.2. The van der Waals surface area contributed by atoms with Gasteiger partial charge in [0.25, 0.3) is 0 Å². The summed E-state index contributed by atoms with van der Waals surface area (Å²) in [5.41, 5.74) is 2.37. The van der Waals surface area contributed by atoms with Gasteiger partial charge in [0, 0.05) is 35.2 Å². The number of aryl methyl sites for hydroxylation is 1. The van der Waals surface area contributed by atoms with Crippen LogP contribution >= 0.6 is 11.6 Å². The Labute approximate surface area is 171 Å². The van der Waals surface area contributed by atoms with Gasteiger partial charge in [0.15, 0.2) is 5.76 Å². The van der Waals surface area contributed by atoms with Gasteiger partial charge >= 0.3 is 0 Å². The lowest BCUT2D eigenvalue weighted by molar-refractivity contribution is 0.252. The molecule has 0 bridgehead atoms. The number of nitrogens with zero attached hydrogens (tertiary/aromatic N) is 2. The molecule has 28 heavy (non-hydrogen) atoms. The first kappa shape index (κ1) is 20.7.